The number of halogens is 3. The van der Waals surface area contributed by atoms with E-state index in [4.69, 9.17) is 0 Å². The summed E-state index contributed by atoms with van der Waals surface area (Å²) in [6, 6.07) is 12.4. The predicted octanol–water partition coefficient (Wildman–Crippen LogP) is 6.11. The van der Waals surface area contributed by atoms with E-state index in [1.54, 1.807) is 16.7 Å². The van der Waals surface area contributed by atoms with Crippen molar-refractivity contribution in [3.63, 3.8) is 0 Å². The molecule has 0 saturated carbocycles. The molecule has 1 N–H and O–H groups in total. The van der Waals surface area contributed by atoms with Crippen LogP contribution in [0.15, 0.2) is 48.5 Å². The summed E-state index contributed by atoms with van der Waals surface area (Å²) in [7, 11) is 0. The van der Waals surface area contributed by atoms with Crippen molar-refractivity contribution in [3.05, 3.63) is 65.2 Å². The van der Waals surface area contributed by atoms with Crippen molar-refractivity contribution >= 4 is 23.5 Å². The van der Waals surface area contributed by atoms with Crippen LogP contribution >= 0.6 is 11.8 Å². The SMILES string of the molecule is CC(C)c1ccc([C@H]2SCCN2C(=O)Nc2ccc(C(F)(F)F)cc2)cc1. The summed E-state index contributed by atoms with van der Waals surface area (Å²) in [5, 5.41) is 2.60. The van der Waals surface area contributed by atoms with Crippen LogP contribution < -0.4 is 5.32 Å². The number of carbonyl (C=O) groups excluding carboxylic acids is 1. The molecule has 1 atom stereocenters. The van der Waals surface area contributed by atoms with Crippen LogP contribution in [0.3, 0.4) is 0 Å². The number of hydrogen-bond acceptors (Lipinski definition) is 2. The van der Waals surface area contributed by atoms with E-state index in [0.29, 0.717) is 18.2 Å². The van der Waals surface area contributed by atoms with Crippen molar-refractivity contribution in [2.45, 2.75) is 31.3 Å². The first kappa shape index (κ1) is 19.6. The van der Waals surface area contributed by atoms with Gasteiger partial charge in [0.1, 0.15) is 5.37 Å². The number of amides is 2. The number of hydrogen-bond donors (Lipinski definition) is 1. The number of rotatable bonds is 3. The zero-order valence-electron chi connectivity index (χ0n) is 15.1. The Labute approximate surface area is 160 Å². The van der Waals surface area contributed by atoms with Gasteiger partial charge in [-0.15, -0.1) is 11.8 Å². The summed E-state index contributed by atoms with van der Waals surface area (Å²) in [6.45, 7) is 4.85. The molecule has 27 heavy (non-hydrogen) atoms. The molecule has 2 amide bonds. The molecule has 1 aliphatic rings. The lowest BCUT2D eigenvalue weighted by atomic mass is 10.0. The van der Waals surface area contributed by atoms with Crippen LogP contribution in [0.5, 0.6) is 0 Å². The van der Waals surface area contributed by atoms with Gasteiger partial charge in [0.2, 0.25) is 0 Å². The number of urea groups is 1. The van der Waals surface area contributed by atoms with E-state index in [2.05, 4.69) is 31.3 Å². The topological polar surface area (TPSA) is 32.3 Å². The average Bonchev–Trinajstić information content (AvgIpc) is 3.11. The Morgan fingerprint density at radius 1 is 1.11 bits per heavy atom. The molecule has 7 heteroatoms. The summed E-state index contributed by atoms with van der Waals surface area (Å²) < 4.78 is 37.9. The maximum Gasteiger partial charge on any atom is 0.416 e. The maximum atomic E-state index is 12.6. The van der Waals surface area contributed by atoms with Crippen LogP contribution in [0.2, 0.25) is 0 Å². The highest BCUT2D eigenvalue weighted by Crippen LogP contribution is 2.38. The number of anilines is 1. The maximum absolute atomic E-state index is 12.6. The monoisotopic (exact) mass is 394 g/mol. The molecule has 3 rings (SSSR count). The van der Waals surface area contributed by atoms with Gasteiger partial charge in [0.25, 0.3) is 0 Å². The molecule has 1 aliphatic heterocycles. The standard InChI is InChI=1S/C20H21F3N2OS/c1-13(2)14-3-5-15(6-4-14)18-25(11-12-27-18)19(26)24-17-9-7-16(8-10-17)20(21,22)23/h3-10,13,18H,11-12H2,1-2H3,(H,24,26)/t18-/m1/s1. The van der Waals surface area contributed by atoms with Crippen LogP contribution in [0.25, 0.3) is 0 Å². The Kier molecular flexibility index (Phi) is 5.69. The minimum Gasteiger partial charge on any atom is -0.308 e. The van der Waals surface area contributed by atoms with Crippen LogP contribution in [-0.4, -0.2) is 23.2 Å². The number of nitrogens with one attached hydrogen (secondary N) is 1. The van der Waals surface area contributed by atoms with Gasteiger partial charge in [0, 0.05) is 18.0 Å². The number of alkyl halides is 3. The van der Waals surface area contributed by atoms with Gasteiger partial charge in [0.15, 0.2) is 0 Å². The highest BCUT2D eigenvalue weighted by molar-refractivity contribution is 7.99. The Morgan fingerprint density at radius 3 is 2.30 bits per heavy atom. The molecule has 0 aliphatic carbocycles. The van der Waals surface area contributed by atoms with E-state index in [1.807, 2.05) is 12.1 Å². The second-order valence-corrected chi connectivity index (χ2v) is 7.93. The molecule has 2 aromatic rings. The van der Waals surface area contributed by atoms with E-state index in [-0.39, 0.29) is 11.4 Å². The first-order valence-electron chi connectivity index (χ1n) is 8.72. The van der Waals surface area contributed by atoms with Gasteiger partial charge in [-0.2, -0.15) is 13.2 Å². The molecular weight excluding hydrogens is 373 g/mol. The molecule has 0 unspecified atom stereocenters. The van der Waals surface area contributed by atoms with Crippen molar-refractivity contribution in [2.75, 3.05) is 17.6 Å². The molecule has 0 aromatic heterocycles. The van der Waals surface area contributed by atoms with Crippen LogP contribution in [-0.2, 0) is 6.18 Å². The summed E-state index contributed by atoms with van der Waals surface area (Å²) in [4.78, 5) is 14.3. The Morgan fingerprint density at radius 2 is 1.74 bits per heavy atom. The number of thioether (sulfide) groups is 1. The molecular formula is C20H21F3N2OS. The van der Waals surface area contributed by atoms with Crippen molar-refractivity contribution in [3.8, 4) is 0 Å². The summed E-state index contributed by atoms with van der Waals surface area (Å²) in [5.41, 5.74) is 1.89. The summed E-state index contributed by atoms with van der Waals surface area (Å²) in [5.74, 6) is 1.26. The van der Waals surface area contributed by atoms with Crippen molar-refractivity contribution in [2.24, 2.45) is 0 Å². The molecule has 2 aromatic carbocycles. The average molecular weight is 394 g/mol. The third-order valence-electron chi connectivity index (χ3n) is 4.50. The largest absolute Gasteiger partial charge is 0.416 e. The highest BCUT2D eigenvalue weighted by atomic mass is 32.2. The van der Waals surface area contributed by atoms with Gasteiger partial charge in [-0.25, -0.2) is 4.79 Å². The van der Waals surface area contributed by atoms with Crippen LogP contribution in [0, 0.1) is 0 Å². The van der Waals surface area contributed by atoms with E-state index >= 15 is 0 Å². The first-order chi connectivity index (χ1) is 12.8. The molecule has 0 spiro atoms. The Balaban J connectivity index is 1.70. The second-order valence-electron chi connectivity index (χ2n) is 6.74. The minimum atomic E-state index is -4.39. The van der Waals surface area contributed by atoms with Gasteiger partial charge in [-0.3, -0.25) is 0 Å². The molecule has 3 nitrogen and oxygen atoms in total. The van der Waals surface area contributed by atoms with E-state index in [0.717, 1.165) is 23.4 Å². The fourth-order valence-electron chi connectivity index (χ4n) is 2.94. The third-order valence-corrected chi connectivity index (χ3v) is 5.76. The molecule has 144 valence electrons. The minimum absolute atomic E-state index is 0.0966. The predicted molar refractivity (Wildman–Crippen MR) is 103 cm³/mol. The Hall–Kier alpha value is -2.15. The first-order valence-corrected chi connectivity index (χ1v) is 9.77. The molecule has 0 radical (unpaired) electrons. The summed E-state index contributed by atoms with van der Waals surface area (Å²) >= 11 is 1.68. The third kappa shape index (κ3) is 4.58. The molecule has 1 heterocycles. The smallest absolute Gasteiger partial charge is 0.308 e. The quantitative estimate of drug-likeness (QED) is 0.681. The number of carbonyl (C=O) groups is 1. The molecule has 0 bridgehead atoms. The fraction of sp³-hybridized carbons (Fsp3) is 0.350. The van der Waals surface area contributed by atoms with Gasteiger partial charge in [-0.05, 0) is 41.3 Å². The lowest BCUT2D eigenvalue weighted by Gasteiger charge is -2.25. The number of nitrogens with zero attached hydrogens (tertiary/aromatic N) is 1. The zero-order chi connectivity index (χ0) is 19.6. The van der Waals surface area contributed by atoms with Gasteiger partial charge >= 0.3 is 12.2 Å². The van der Waals surface area contributed by atoms with E-state index in [1.165, 1.54) is 17.7 Å². The van der Waals surface area contributed by atoms with Gasteiger partial charge < -0.3 is 10.2 Å². The van der Waals surface area contributed by atoms with Crippen molar-refractivity contribution < 1.29 is 18.0 Å². The van der Waals surface area contributed by atoms with Crippen molar-refractivity contribution in [1.82, 2.24) is 4.90 Å². The highest BCUT2D eigenvalue weighted by Gasteiger charge is 2.32. The van der Waals surface area contributed by atoms with Crippen LogP contribution in [0.4, 0.5) is 23.7 Å². The lowest BCUT2D eigenvalue weighted by molar-refractivity contribution is -0.137. The van der Waals surface area contributed by atoms with Crippen molar-refractivity contribution in [1.29, 1.82) is 0 Å². The number of benzene rings is 2. The molecule has 1 fully saturated rings. The van der Waals surface area contributed by atoms with E-state index < -0.39 is 11.7 Å². The van der Waals surface area contributed by atoms with Crippen LogP contribution in [0.1, 0.15) is 41.8 Å². The molecule has 1 saturated heterocycles. The zero-order valence-corrected chi connectivity index (χ0v) is 15.9. The summed E-state index contributed by atoms with van der Waals surface area (Å²) in [6.07, 6.45) is -4.39. The van der Waals surface area contributed by atoms with E-state index in [9.17, 15) is 18.0 Å². The van der Waals surface area contributed by atoms with Gasteiger partial charge in [-0.1, -0.05) is 38.1 Å². The Bertz CT molecular complexity index is 788. The normalized spacial score (nSPS) is 17.4. The second kappa shape index (κ2) is 7.84. The fourth-order valence-corrected chi connectivity index (χ4v) is 4.19. The lowest BCUT2D eigenvalue weighted by Crippen LogP contribution is -2.34. The van der Waals surface area contributed by atoms with Gasteiger partial charge in [0.05, 0.1) is 5.56 Å².